The van der Waals surface area contributed by atoms with Gasteiger partial charge < -0.3 is 9.84 Å². The predicted octanol–water partition coefficient (Wildman–Crippen LogP) is 3.60. The Morgan fingerprint density at radius 2 is 1.84 bits per heavy atom. The average molecular weight is 280 g/mol. The lowest BCUT2D eigenvalue weighted by molar-refractivity contribution is -0.143. The minimum atomic E-state index is -1.58. The van der Waals surface area contributed by atoms with E-state index in [1.807, 2.05) is 19.1 Å². The van der Waals surface area contributed by atoms with Crippen LogP contribution in [0.5, 0.6) is 5.75 Å². The number of rotatable bonds is 6. The first-order valence-corrected chi connectivity index (χ1v) is 10.4. The summed E-state index contributed by atoms with van der Waals surface area (Å²) in [5.74, 6) is 0.219. The van der Waals surface area contributed by atoms with Gasteiger partial charge in [0.15, 0.2) is 0 Å². The molecular formula is C15H24O3Si. The van der Waals surface area contributed by atoms with Crippen LogP contribution < -0.4 is 0 Å². The van der Waals surface area contributed by atoms with Crippen molar-refractivity contribution in [3.8, 4) is 5.75 Å². The summed E-state index contributed by atoms with van der Waals surface area (Å²) < 4.78 is 5.19. The molecule has 0 spiro atoms. The molecule has 0 saturated heterocycles. The largest absolute Gasteiger partial charge is 0.508 e. The van der Waals surface area contributed by atoms with Gasteiger partial charge >= 0.3 is 5.97 Å². The van der Waals surface area contributed by atoms with E-state index >= 15 is 0 Å². The number of carbonyl (C=O) groups excluding carboxylic acids is 1. The lowest BCUT2D eigenvalue weighted by atomic mass is 10.1. The zero-order valence-corrected chi connectivity index (χ0v) is 13.3. The second-order valence-electron chi connectivity index (χ2n) is 5.88. The van der Waals surface area contributed by atoms with Crippen molar-refractivity contribution in [1.82, 2.24) is 0 Å². The number of esters is 1. The molecule has 4 heteroatoms. The van der Waals surface area contributed by atoms with Gasteiger partial charge in [-0.3, -0.25) is 4.79 Å². The molecule has 1 unspecified atom stereocenters. The van der Waals surface area contributed by atoms with Gasteiger partial charge in [0, 0.05) is 0 Å². The van der Waals surface area contributed by atoms with Crippen LogP contribution in [0.2, 0.25) is 25.2 Å². The van der Waals surface area contributed by atoms with Crippen molar-refractivity contribution in [2.45, 2.75) is 44.9 Å². The second kappa shape index (κ2) is 6.75. The van der Waals surface area contributed by atoms with Gasteiger partial charge in [-0.15, -0.1) is 0 Å². The van der Waals surface area contributed by atoms with Crippen molar-refractivity contribution in [2.24, 2.45) is 0 Å². The summed E-state index contributed by atoms with van der Waals surface area (Å²) in [5, 5.41) is 9.25. The van der Waals surface area contributed by atoms with Crippen LogP contribution in [0, 0.1) is 0 Å². The summed E-state index contributed by atoms with van der Waals surface area (Å²) in [4.78, 5) is 12.0. The van der Waals surface area contributed by atoms with Gasteiger partial charge in [0.2, 0.25) is 0 Å². The highest BCUT2D eigenvalue weighted by Crippen LogP contribution is 2.29. The number of hydrogen-bond acceptors (Lipinski definition) is 3. The maximum Gasteiger partial charge on any atom is 0.306 e. The van der Waals surface area contributed by atoms with Gasteiger partial charge in [0.05, 0.1) is 20.2 Å². The van der Waals surface area contributed by atoms with Crippen molar-refractivity contribution >= 4 is 14.0 Å². The quantitative estimate of drug-likeness (QED) is 0.640. The van der Waals surface area contributed by atoms with Gasteiger partial charge in [-0.2, -0.15) is 0 Å². The Kier molecular flexibility index (Phi) is 5.60. The minimum absolute atomic E-state index is 0.0289. The molecule has 1 aromatic carbocycles. The van der Waals surface area contributed by atoms with Crippen LogP contribution in [-0.4, -0.2) is 25.8 Å². The third-order valence-corrected chi connectivity index (χ3v) is 5.89. The van der Waals surface area contributed by atoms with E-state index in [9.17, 15) is 9.90 Å². The van der Waals surface area contributed by atoms with Crippen LogP contribution in [-0.2, 0) is 16.0 Å². The number of phenolic OH excluding ortho intramolecular Hbond substituents is 1. The number of benzene rings is 1. The molecule has 0 amide bonds. The number of ether oxygens (including phenoxy) is 1. The molecule has 0 aliphatic heterocycles. The molecule has 0 bridgehead atoms. The Morgan fingerprint density at radius 1 is 1.26 bits per heavy atom. The molecule has 0 radical (unpaired) electrons. The summed E-state index contributed by atoms with van der Waals surface area (Å²) in [6, 6.07) is 7.18. The molecule has 1 rings (SSSR count). The Bertz CT molecular complexity index is 406. The molecule has 0 aliphatic rings. The number of carbonyl (C=O) groups is 1. The maximum atomic E-state index is 12.0. The Balaban J connectivity index is 2.68. The smallest absolute Gasteiger partial charge is 0.306 e. The van der Waals surface area contributed by atoms with Crippen molar-refractivity contribution in [1.29, 1.82) is 0 Å². The molecule has 19 heavy (non-hydrogen) atoms. The van der Waals surface area contributed by atoms with E-state index in [2.05, 4.69) is 19.6 Å². The van der Waals surface area contributed by atoms with Crippen molar-refractivity contribution in [3.05, 3.63) is 29.8 Å². The topological polar surface area (TPSA) is 46.5 Å². The fourth-order valence-corrected chi connectivity index (χ4v) is 3.92. The van der Waals surface area contributed by atoms with Crippen molar-refractivity contribution < 1.29 is 14.6 Å². The van der Waals surface area contributed by atoms with Gasteiger partial charge in [0.1, 0.15) is 5.75 Å². The van der Waals surface area contributed by atoms with Crippen LogP contribution >= 0.6 is 0 Å². The van der Waals surface area contributed by atoms with Crippen molar-refractivity contribution in [2.75, 3.05) is 6.61 Å². The van der Waals surface area contributed by atoms with Crippen LogP contribution in [0.15, 0.2) is 24.3 Å². The third kappa shape index (κ3) is 5.07. The Morgan fingerprint density at radius 3 is 2.32 bits per heavy atom. The van der Waals surface area contributed by atoms with Crippen LogP contribution in [0.4, 0.5) is 0 Å². The van der Waals surface area contributed by atoms with E-state index in [0.717, 1.165) is 18.4 Å². The average Bonchev–Trinajstić information content (AvgIpc) is 2.30. The molecule has 1 atom stereocenters. The third-order valence-electron chi connectivity index (χ3n) is 3.27. The lowest BCUT2D eigenvalue weighted by Crippen LogP contribution is -2.35. The minimum Gasteiger partial charge on any atom is -0.508 e. The molecule has 0 fully saturated rings. The summed E-state index contributed by atoms with van der Waals surface area (Å²) in [6.07, 6.45) is 1.66. The molecule has 0 heterocycles. The number of hydrogen-bond donors (Lipinski definition) is 1. The van der Waals surface area contributed by atoms with E-state index in [1.165, 1.54) is 0 Å². The molecule has 1 aromatic rings. The molecule has 1 N–H and O–H groups in total. The fourth-order valence-electron chi connectivity index (χ4n) is 2.12. The highest BCUT2D eigenvalue weighted by Gasteiger charge is 2.33. The molecule has 0 aliphatic carbocycles. The molecular weight excluding hydrogens is 256 g/mol. The maximum absolute atomic E-state index is 12.0. The zero-order valence-electron chi connectivity index (χ0n) is 12.3. The predicted molar refractivity (Wildman–Crippen MR) is 80.2 cm³/mol. The van der Waals surface area contributed by atoms with Gasteiger partial charge in [0.25, 0.3) is 0 Å². The van der Waals surface area contributed by atoms with Crippen LogP contribution in [0.1, 0.15) is 18.9 Å². The summed E-state index contributed by atoms with van der Waals surface area (Å²) in [5.41, 5.74) is 1.17. The van der Waals surface area contributed by atoms with Gasteiger partial charge in [-0.25, -0.2) is 0 Å². The first-order chi connectivity index (χ1) is 8.84. The Hall–Kier alpha value is -1.29. The first kappa shape index (κ1) is 15.8. The van der Waals surface area contributed by atoms with Crippen molar-refractivity contribution in [3.63, 3.8) is 0 Å². The molecule has 106 valence electrons. The number of aryl methyl sites for hydroxylation is 1. The van der Waals surface area contributed by atoms with Gasteiger partial charge in [-0.05, 0) is 37.5 Å². The monoisotopic (exact) mass is 280 g/mol. The lowest BCUT2D eigenvalue weighted by Gasteiger charge is -2.27. The number of phenols is 1. The van der Waals surface area contributed by atoms with E-state index in [0.29, 0.717) is 6.61 Å². The molecule has 0 aromatic heterocycles. The van der Waals surface area contributed by atoms with E-state index in [4.69, 9.17) is 4.74 Å². The standard InChI is InChI=1S/C15H24O3Si/c1-5-18-15(17)14(19(2,3)4)11-8-12-6-9-13(16)10-7-12/h6-7,9-10,14,16H,5,8,11H2,1-4H3. The first-order valence-electron chi connectivity index (χ1n) is 6.79. The summed E-state index contributed by atoms with van der Waals surface area (Å²) in [6.45, 7) is 8.89. The fraction of sp³-hybridized carbons (Fsp3) is 0.533. The SMILES string of the molecule is CCOC(=O)C(CCc1ccc(O)cc1)[Si](C)(C)C. The van der Waals surface area contributed by atoms with Crippen LogP contribution in [0.3, 0.4) is 0 Å². The molecule has 0 saturated carbocycles. The highest BCUT2D eigenvalue weighted by atomic mass is 28.3. The highest BCUT2D eigenvalue weighted by molar-refractivity contribution is 6.80. The summed E-state index contributed by atoms with van der Waals surface area (Å²) >= 11 is 0. The molecule has 3 nitrogen and oxygen atoms in total. The van der Waals surface area contributed by atoms with Crippen LogP contribution in [0.25, 0.3) is 0 Å². The van der Waals surface area contributed by atoms with Gasteiger partial charge in [-0.1, -0.05) is 31.8 Å². The summed E-state index contributed by atoms with van der Waals surface area (Å²) in [7, 11) is -1.58. The number of aromatic hydroxyl groups is 1. The van der Waals surface area contributed by atoms with E-state index < -0.39 is 8.07 Å². The zero-order chi connectivity index (χ0) is 14.5. The van der Waals surface area contributed by atoms with E-state index in [-0.39, 0.29) is 17.3 Å². The van der Waals surface area contributed by atoms with E-state index in [1.54, 1.807) is 12.1 Å². The Labute approximate surface area is 116 Å². The second-order valence-corrected chi connectivity index (χ2v) is 11.3. The normalized spacial score (nSPS) is 13.1.